The SMILES string of the molecule is COc1nc(Cl)ncc1Sc1cccc(Cl)c1Cl. The second-order valence-corrected chi connectivity index (χ2v) is 5.37. The highest BCUT2D eigenvalue weighted by Gasteiger charge is 2.12. The van der Waals surface area contributed by atoms with Gasteiger partial charge in [-0.2, -0.15) is 4.98 Å². The highest BCUT2D eigenvalue weighted by molar-refractivity contribution is 7.99. The zero-order valence-electron chi connectivity index (χ0n) is 9.15. The van der Waals surface area contributed by atoms with Gasteiger partial charge in [-0.25, -0.2) is 4.98 Å². The molecule has 0 aliphatic heterocycles. The number of hydrogen-bond donors (Lipinski definition) is 0. The number of methoxy groups -OCH3 is 1. The van der Waals surface area contributed by atoms with Crippen molar-refractivity contribution in [3.63, 3.8) is 0 Å². The fraction of sp³-hybridized carbons (Fsp3) is 0.0909. The van der Waals surface area contributed by atoms with Crippen molar-refractivity contribution in [1.82, 2.24) is 9.97 Å². The maximum absolute atomic E-state index is 6.11. The molecular formula is C11H7Cl3N2OS. The van der Waals surface area contributed by atoms with Crippen molar-refractivity contribution in [2.75, 3.05) is 7.11 Å². The molecule has 0 saturated heterocycles. The molecule has 7 heteroatoms. The van der Waals surface area contributed by atoms with Crippen LogP contribution in [0.3, 0.4) is 0 Å². The third-order valence-electron chi connectivity index (χ3n) is 2.02. The molecule has 0 spiro atoms. The summed E-state index contributed by atoms with van der Waals surface area (Å²) < 4.78 is 5.14. The third-order valence-corrected chi connectivity index (χ3v) is 4.20. The number of benzene rings is 1. The molecule has 2 rings (SSSR count). The van der Waals surface area contributed by atoms with Crippen LogP contribution in [0.25, 0.3) is 0 Å². The van der Waals surface area contributed by atoms with Gasteiger partial charge in [0.25, 0.3) is 0 Å². The van der Waals surface area contributed by atoms with E-state index < -0.39 is 0 Å². The molecule has 18 heavy (non-hydrogen) atoms. The van der Waals surface area contributed by atoms with Gasteiger partial charge in [-0.15, -0.1) is 0 Å². The van der Waals surface area contributed by atoms with Gasteiger partial charge in [-0.05, 0) is 23.7 Å². The number of rotatable bonds is 3. The Kier molecular flexibility index (Phi) is 4.56. The highest BCUT2D eigenvalue weighted by Crippen LogP contribution is 2.39. The molecular weight excluding hydrogens is 315 g/mol. The molecule has 0 aliphatic rings. The normalized spacial score (nSPS) is 10.4. The molecule has 0 bridgehead atoms. The lowest BCUT2D eigenvalue weighted by Gasteiger charge is -2.08. The molecule has 1 aromatic heterocycles. The highest BCUT2D eigenvalue weighted by atomic mass is 35.5. The molecule has 0 fully saturated rings. The Hall–Kier alpha value is -0.680. The van der Waals surface area contributed by atoms with E-state index in [1.807, 2.05) is 12.1 Å². The van der Waals surface area contributed by atoms with Crippen molar-refractivity contribution in [3.8, 4) is 5.88 Å². The minimum absolute atomic E-state index is 0.133. The smallest absolute Gasteiger partial charge is 0.231 e. The molecule has 0 atom stereocenters. The quantitative estimate of drug-likeness (QED) is 0.774. The summed E-state index contributed by atoms with van der Waals surface area (Å²) in [7, 11) is 1.52. The number of aromatic nitrogens is 2. The number of nitrogens with zero attached hydrogens (tertiary/aromatic N) is 2. The fourth-order valence-electron chi connectivity index (χ4n) is 1.23. The van der Waals surface area contributed by atoms with Crippen LogP contribution in [0, 0.1) is 0 Å². The van der Waals surface area contributed by atoms with Crippen LogP contribution in [0.5, 0.6) is 5.88 Å². The molecule has 3 nitrogen and oxygen atoms in total. The maximum Gasteiger partial charge on any atom is 0.231 e. The third kappa shape index (κ3) is 3.01. The van der Waals surface area contributed by atoms with E-state index in [-0.39, 0.29) is 5.28 Å². The van der Waals surface area contributed by atoms with Gasteiger partial charge in [0.1, 0.15) is 0 Å². The molecule has 2 aromatic rings. The molecule has 0 amide bonds. The Morgan fingerprint density at radius 1 is 1.17 bits per heavy atom. The summed E-state index contributed by atoms with van der Waals surface area (Å²) in [6.07, 6.45) is 1.58. The van der Waals surface area contributed by atoms with Crippen LogP contribution < -0.4 is 4.74 Å². The molecule has 94 valence electrons. The second-order valence-electron chi connectivity index (χ2n) is 3.17. The van der Waals surface area contributed by atoms with Crippen LogP contribution in [0.4, 0.5) is 0 Å². The van der Waals surface area contributed by atoms with Gasteiger partial charge in [-0.1, -0.05) is 41.0 Å². The largest absolute Gasteiger partial charge is 0.480 e. The van der Waals surface area contributed by atoms with Crippen LogP contribution in [-0.4, -0.2) is 17.1 Å². The predicted molar refractivity (Wildman–Crippen MR) is 74.2 cm³/mol. The zero-order valence-corrected chi connectivity index (χ0v) is 12.2. The van der Waals surface area contributed by atoms with E-state index in [9.17, 15) is 0 Å². The Labute approximate surface area is 123 Å². The van der Waals surface area contributed by atoms with Crippen LogP contribution in [0.15, 0.2) is 34.2 Å². The monoisotopic (exact) mass is 320 g/mol. The summed E-state index contributed by atoms with van der Waals surface area (Å²) in [5.41, 5.74) is 0. The minimum atomic E-state index is 0.133. The first-order valence-corrected chi connectivity index (χ1v) is 6.75. The summed E-state index contributed by atoms with van der Waals surface area (Å²) in [5.74, 6) is 0.399. The van der Waals surface area contributed by atoms with Gasteiger partial charge >= 0.3 is 0 Å². The van der Waals surface area contributed by atoms with Crippen molar-refractivity contribution in [1.29, 1.82) is 0 Å². The van der Waals surface area contributed by atoms with Gasteiger partial charge in [-0.3, -0.25) is 0 Å². The summed E-state index contributed by atoms with van der Waals surface area (Å²) in [4.78, 5) is 9.40. The first-order chi connectivity index (χ1) is 8.61. The number of ether oxygens (including phenoxy) is 1. The first kappa shape index (κ1) is 13.7. The minimum Gasteiger partial charge on any atom is -0.480 e. The Morgan fingerprint density at radius 2 is 1.94 bits per heavy atom. The number of halogens is 3. The maximum atomic E-state index is 6.11. The lowest BCUT2D eigenvalue weighted by atomic mass is 10.4. The molecule has 0 unspecified atom stereocenters. The second kappa shape index (κ2) is 5.97. The Bertz CT molecular complexity index is 580. The Morgan fingerprint density at radius 3 is 2.67 bits per heavy atom. The van der Waals surface area contributed by atoms with Crippen LogP contribution in [-0.2, 0) is 0 Å². The van der Waals surface area contributed by atoms with Crippen molar-refractivity contribution >= 4 is 46.6 Å². The van der Waals surface area contributed by atoms with Crippen molar-refractivity contribution in [2.45, 2.75) is 9.79 Å². The zero-order chi connectivity index (χ0) is 13.1. The van der Waals surface area contributed by atoms with Gasteiger partial charge in [0, 0.05) is 11.1 Å². The molecule has 0 saturated carbocycles. The summed E-state index contributed by atoms with van der Waals surface area (Å²) in [6, 6.07) is 5.40. The van der Waals surface area contributed by atoms with Crippen molar-refractivity contribution in [2.24, 2.45) is 0 Å². The van der Waals surface area contributed by atoms with Crippen LogP contribution in [0.2, 0.25) is 15.3 Å². The van der Waals surface area contributed by atoms with E-state index in [4.69, 9.17) is 39.5 Å². The standard InChI is InChI=1S/C11H7Cl3N2OS/c1-17-10-8(5-15-11(14)16-10)18-7-4-2-3-6(12)9(7)13/h2-5H,1H3. The lowest BCUT2D eigenvalue weighted by molar-refractivity contribution is 0.385. The van der Waals surface area contributed by atoms with Crippen molar-refractivity contribution < 1.29 is 4.74 Å². The van der Waals surface area contributed by atoms with Crippen LogP contribution in [0.1, 0.15) is 0 Å². The molecule has 1 aromatic carbocycles. The summed E-state index contributed by atoms with van der Waals surface area (Å²) in [6.45, 7) is 0. The van der Waals surface area contributed by atoms with Gasteiger partial charge < -0.3 is 4.74 Å². The van der Waals surface area contributed by atoms with Gasteiger partial charge in [0.2, 0.25) is 11.2 Å². The summed E-state index contributed by atoms with van der Waals surface area (Å²) in [5, 5.41) is 1.12. The molecule has 0 N–H and O–H groups in total. The average molecular weight is 322 g/mol. The van der Waals surface area contributed by atoms with E-state index in [1.54, 1.807) is 12.3 Å². The van der Waals surface area contributed by atoms with E-state index >= 15 is 0 Å². The molecule has 0 radical (unpaired) electrons. The fourth-order valence-corrected chi connectivity index (χ4v) is 2.74. The predicted octanol–water partition coefficient (Wildman–Crippen LogP) is 4.60. The topological polar surface area (TPSA) is 35.0 Å². The van der Waals surface area contributed by atoms with E-state index in [2.05, 4.69) is 9.97 Å². The Balaban J connectivity index is 2.37. The van der Waals surface area contributed by atoms with Gasteiger partial charge in [0.05, 0.1) is 22.1 Å². The first-order valence-electron chi connectivity index (χ1n) is 4.80. The van der Waals surface area contributed by atoms with E-state index in [1.165, 1.54) is 18.9 Å². The van der Waals surface area contributed by atoms with E-state index in [0.717, 1.165) is 4.90 Å². The average Bonchev–Trinajstić information content (AvgIpc) is 2.37. The van der Waals surface area contributed by atoms with Crippen molar-refractivity contribution in [3.05, 3.63) is 39.7 Å². The summed E-state index contributed by atoms with van der Waals surface area (Å²) >= 11 is 19.1. The molecule has 0 aliphatic carbocycles. The molecule has 1 heterocycles. The lowest BCUT2D eigenvalue weighted by Crippen LogP contribution is -1.93. The van der Waals surface area contributed by atoms with E-state index in [0.29, 0.717) is 20.8 Å². The van der Waals surface area contributed by atoms with Gasteiger partial charge in [0.15, 0.2) is 0 Å². The van der Waals surface area contributed by atoms with Crippen LogP contribution >= 0.6 is 46.6 Å². The number of hydrogen-bond acceptors (Lipinski definition) is 4.